The number of hydrogen-bond donors (Lipinski definition) is 0. The Bertz CT molecular complexity index is 386. The molecule has 0 aliphatic heterocycles. The lowest BCUT2D eigenvalue weighted by Crippen LogP contribution is -2.36. The van der Waals surface area contributed by atoms with Gasteiger partial charge in [0.2, 0.25) is 0 Å². The second kappa shape index (κ2) is 4.63. The van der Waals surface area contributed by atoms with Crippen LogP contribution in [0.1, 0.15) is 32.1 Å². The van der Waals surface area contributed by atoms with Crippen molar-refractivity contribution >= 4 is 17.6 Å². The predicted octanol–water partition coefficient (Wildman–Crippen LogP) is 2.81. The van der Waals surface area contributed by atoms with Crippen LogP contribution in [0.2, 0.25) is 0 Å². The zero-order valence-corrected chi connectivity index (χ0v) is 11.8. The first-order valence-electron chi connectivity index (χ1n) is 7.61. The average molecular weight is 285 g/mol. The largest absolute Gasteiger partial charge is 0.438 e. The highest BCUT2D eigenvalue weighted by molar-refractivity contribution is 6.26. The molecule has 0 radical (unpaired) electrons. The van der Waals surface area contributed by atoms with Gasteiger partial charge in [0.1, 0.15) is 5.88 Å². The van der Waals surface area contributed by atoms with Gasteiger partial charge >= 0.3 is 5.97 Å². The fraction of sp³-hybridized carbons (Fsp3) is 0.933. The van der Waals surface area contributed by atoms with E-state index in [0.29, 0.717) is 6.10 Å². The Morgan fingerprint density at radius 3 is 2.63 bits per heavy atom. The molecule has 0 heterocycles. The lowest BCUT2D eigenvalue weighted by Gasteiger charge is -2.38. The van der Waals surface area contributed by atoms with Crippen molar-refractivity contribution in [1.82, 2.24) is 0 Å². The molecule has 0 spiro atoms. The molecule has 0 aromatic carbocycles. The van der Waals surface area contributed by atoms with Gasteiger partial charge in [0.25, 0.3) is 0 Å². The Morgan fingerprint density at radius 2 is 1.84 bits per heavy atom. The number of alkyl halides is 1. The molecule has 7 unspecified atom stereocenters. The topological polar surface area (TPSA) is 35.5 Å². The Labute approximate surface area is 119 Å². The molecule has 0 aromatic rings. The molecule has 4 saturated carbocycles. The van der Waals surface area contributed by atoms with Gasteiger partial charge in [-0.15, -0.1) is 11.6 Å². The molecule has 4 heteroatoms. The Kier molecular flexibility index (Phi) is 3.03. The predicted molar refractivity (Wildman–Crippen MR) is 70.6 cm³/mol. The molecule has 7 atom stereocenters. The lowest BCUT2D eigenvalue weighted by molar-refractivity contribution is -0.162. The SMILES string of the molecule is O=C(CCl)OCOC1CC2CC1C1C3CCC(C3)C21. The second-order valence-electron chi connectivity index (χ2n) is 6.86. The Balaban J connectivity index is 1.36. The number of fused-ring (bicyclic) bond motifs is 9. The van der Waals surface area contributed by atoms with Crippen LogP contribution >= 0.6 is 11.6 Å². The summed E-state index contributed by atoms with van der Waals surface area (Å²) >= 11 is 5.40. The van der Waals surface area contributed by atoms with Gasteiger partial charge in [-0.2, -0.15) is 0 Å². The molecule has 3 nitrogen and oxygen atoms in total. The van der Waals surface area contributed by atoms with E-state index in [9.17, 15) is 4.79 Å². The van der Waals surface area contributed by atoms with Crippen LogP contribution in [0.3, 0.4) is 0 Å². The number of ether oxygens (including phenoxy) is 2. The third-order valence-corrected chi connectivity index (χ3v) is 6.50. The third-order valence-electron chi connectivity index (χ3n) is 6.28. The smallest absolute Gasteiger partial charge is 0.322 e. The standard InChI is InChI=1S/C15H21ClO3/c16-6-13(17)19-7-18-12-5-10-4-11(12)15-9-2-1-8(3-9)14(10)15/h8-12,14-15H,1-7H2. The summed E-state index contributed by atoms with van der Waals surface area (Å²) < 4.78 is 10.8. The maximum Gasteiger partial charge on any atom is 0.322 e. The van der Waals surface area contributed by atoms with Crippen LogP contribution in [0.25, 0.3) is 0 Å². The molecule has 0 aromatic heterocycles. The first-order chi connectivity index (χ1) is 9.28. The number of hydrogen-bond acceptors (Lipinski definition) is 3. The van der Waals surface area contributed by atoms with E-state index in [4.69, 9.17) is 21.1 Å². The van der Waals surface area contributed by atoms with Crippen molar-refractivity contribution in [2.75, 3.05) is 12.7 Å². The molecular formula is C15H21ClO3. The highest BCUT2D eigenvalue weighted by Gasteiger charge is 2.62. The Morgan fingerprint density at radius 1 is 1.05 bits per heavy atom. The van der Waals surface area contributed by atoms with E-state index in [0.717, 1.165) is 35.5 Å². The number of halogens is 1. The van der Waals surface area contributed by atoms with Gasteiger partial charge in [-0.1, -0.05) is 0 Å². The summed E-state index contributed by atoms with van der Waals surface area (Å²) in [6, 6.07) is 0. The molecule has 4 aliphatic rings. The van der Waals surface area contributed by atoms with Gasteiger partial charge in [-0.05, 0) is 67.6 Å². The molecule has 0 amide bonds. The van der Waals surface area contributed by atoms with Crippen molar-refractivity contribution in [3.63, 3.8) is 0 Å². The van der Waals surface area contributed by atoms with Gasteiger partial charge in [0.05, 0.1) is 6.10 Å². The minimum absolute atomic E-state index is 0.0882. The highest BCUT2D eigenvalue weighted by Crippen LogP contribution is 2.67. The molecule has 19 heavy (non-hydrogen) atoms. The van der Waals surface area contributed by atoms with Crippen LogP contribution in [0.4, 0.5) is 0 Å². The van der Waals surface area contributed by atoms with Gasteiger partial charge in [-0.25, -0.2) is 0 Å². The van der Waals surface area contributed by atoms with Crippen LogP contribution in [0.5, 0.6) is 0 Å². The molecule has 4 rings (SSSR count). The van der Waals surface area contributed by atoms with Crippen molar-refractivity contribution in [3.05, 3.63) is 0 Å². The number of rotatable bonds is 4. The van der Waals surface area contributed by atoms with Crippen LogP contribution in [0.15, 0.2) is 0 Å². The van der Waals surface area contributed by atoms with E-state index >= 15 is 0 Å². The molecule has 106 valence electrons. The monoisotopic (exact) mass is 284 g/mol. The summed E-state index contributed by atoms with van der Waals surface area (Å²) in [5.41, 5.74) is 0. The first kappa shape index (κ1) is 12.5. The highest BCUT2D eigenvalue weighted by atomic mass is 35.5. The zero-order chi connectivity index (χ0) is 13.0. The summed E-state index contributed by atoms with van der Waals surface area (Å²) in [6.45, 7) is 0.0882. The van der Waals surface area contributed by atoms with Gasteiger partial charge in [-0.3, -0.25) is 4.79 Å². The van der Waals surface area contributed by atoms with Crippen molar-refractivity contribution in [3.8, 4) is 0 Å². The van der Waals surface area contributed by atoms with Crippen LogP contribution in [0, 0.1) is 35.5 Å². The van der Waals surface area contributed by atoms with E-state index in [-0.39, 0.29) is 18.6 Å². The third kappa shape index (κ3) is 1.84. The molecule has 0 N–H and O–H groups in total. The maximum absolute atomic E-state index is 11.0. The minimum atomic E-state index is -0.386. The molecule has 4 aliphatic carbocycles. The van der Waals surface area contributed by atoms with E-state index in [2.05, 4.69) is 0 Å². The summed E-state index contributed by atoms with van der Waals surface area (Å²) in [5.74, 6) is 5.08. The molecule has 0 saturated heterocycles. The number of esters is 1. The summed E-state index contributed by atoms with van der Waals surface area (Å²) in [6.07, 6.45) is 7.28. The molecular weight excluding hydrogens is 264 g/mol. The first-order valence-corrected chi connectivity index (χ1v) is 8.14. The van der Waals surface area contributed by atoms with Gasteiger partial charge < -0.3 is 9.47 Å². The van der Waals surface area contributed by atoms with Crippen LogP contribution in [-0.2, 0) is 14.3 Å². The Hall–Kier alpha value is -0.280. The van der Waals surface area contributed by atoms with Crippen molar-refractivity contribution < 1.29 is 14.3 Å². The van der Waals surface area contributed by atoms with Gasteiger partial charge in [0.15, 0.2) is 6.79 Å². The average Bonchev–Trinajstić information content (AvgIpc) is 3.16. The number of carbonyl (C=O) groups is 1. The molecule has 4 fully saturated rings. The maximum atomic E-state index is 11.0. The molecule has 4 bridgehead atoms. The van der Waals surface area contributed by atoms with E-state index < -0.39 is 0 Å². The van der Waals surface area contributed by atoms with Crippen LogP contribution in [-0.4, -0.2) is 24.7 Å². The lowest BCUT2D eigenvalue weighted by atomic mass is 9.70. The van der Waals surface area contributed by atoms with Gasteiger partial charge in [0, 0.05) is 0 Å². The van der Waals surface area contributed by atoms with Crippen LogP contribution < -0.4 is 0 Å². The summed E-state index contributed by atoms with van der Waals surface area (Å²) in [7, 11) is 0. The summed E-state index contributed by atoms with van der Waals surface area (Å²) in [4.78, 5) is 11.0. The number of carbonyl (C=O) groups excluding carboxylic acids is 1. The van der Waals surface area contributed by atoms with Crippen molar-refractivity contribution in [1.29, 1.82) is 0 Å². The fourth-order valence-corrected chi connectivity index (χ4v) is 6.00. The second-order valence-corrected chi connectivity index (χ2v) is 7.12. The van der Waals surface area contributed by atoms with E-state index in [1.807, 2.05) is 0 Å². The quantitative estimate of drug-likeness (QED) is 0.345. The van der Waals surface area contributed by atoms with E-state index in [1.54, 1.807) is 0 Å². The van der Waals surface area contributed by atoms with Crippen molar-refractivity contribution in [2.24, 2.45) is 35.5 Å². The zero-order valence-electron chi connectivity index (χ0n) is 11.1. The minimum Gasteiger partial charge on any atom is -0.438 e. The van der Waals surface area contributed by atoms with E-state index in [1.165, 1.54) is 32.1 Å². The van der Waals surface area contributed by atoms with Crippen molar-refractivity contribution in [2.45, 2.75) is 38.2 Å². The normalized spacial score (nSPS) is 49.6. The fourth-order valence-electron chi connectivity index (χ4n) is 5.92. The summed E-state index contributed by atoms with van der Waals surface area (Å²) in [5, 5.41) is 0.